The normalized spacial score (nSPS) is 10.1. The second kappa shape index (κ2) is 8.82. The molecule has 26 heavy (non-hydrogen) atoms. The largest absolute Gasteiger partial charge is 0.490 e. The van der Waals surface area contributed by atoms with Crippen molar-refractivity contribution in [2.45, 2.75) is 6.54 Å². The summed E-state index contributed by atoms with van der Waals surface area (Å²) >= 11 is 5.98. The van der Waals surface area contributed by atoms with Gasteiger partial charge in [0.05, 0.1) is 17.6 Å². The van der Waals surface area contributed by atoms with E-state index in [1.165, 1.54) is 19.2 Å². The standard InChI is InChI=1S/C17H15ClN2O6/c1-25-15-7-6-11(8-14(15)20(23)24)17(22)26-10-16(21)19-9-12-4-2-3-5-13(12)18/h2-8H,9-10H2,1H3,(H,19,21). The molecule has 0 unspecified atom stereocenters. The number of methoxy groups -OCH3 is 1. The Morgan fingerprint density at radius 3 is 2.62 bits per heavy atom. The van der Waals surface area contributed by atoms with Gasteiger partial charge in [-0.2, -0.15) is 0 Å². The summed E-state index contributed by atoms with van der Waals surface area (Å²) < 4.78 is 9.72. The molecule has 2 rings (SSSR count). The van der Waals surface area contributed by atoms with Crippen LogP contribution in [0.15, 0.2) is 42.5 Å². The Balaban J connectivity index is 1.92. The topological polar surface area (TPSA) is 108 Å². The van der Waals surface area contributed by atoms with Crippen LogP contribution in [-0.2, 0) is 16.1 Å². The van der Waals surface area contributed by atoms with Gasteiger partial charge in [0.25, 0.3) is 5.91 Å². The highest BCUT2D eigenvalue weighted by Gasteiger charge is 2.19. The molecule has 0 bridgehead atoms. The zero-order valence-electron chi connectivity index (χ0n) is 13.7. The number of halogens is 1. The summed E-state index contributed by atoms with van der Waals surface area (Å²) in [7, 11) is 1.28. The number of nitro groups is 1. The van der Waals surface area contributed by atoms with Gasteiger partial charge in [0.15, 0.2) is 12.4 Å². The third kappa shape index (κ3) is 4.93. The lowest BCUT2D eigenvalue weighted by Crippen LogP contribution is -2.28. The maximum atomic E-state index is 12.0. The van der Waals surface area contributed by atoms with E-state index in [9.17, 15) is 19.7 Å². The lowest BCUT2D eigenvalue weighted by atomic mass is 10.2. The molecule has 136 valence electrons. The molecule has 1 N–H and O–H groups in total. The van der Waals surface area contributed by atoms with Crippen molar-refractivity contribution >= 4 is 29.2 Å². The van der Waals surface area contributed by atoms with Gasteiger partial charge in [-0.15, -0.1) is 0 Å². The Morgan fingerprint density at radius 2 is 1.96 bits per heavy atom. The molecule has 8 nitrogen and oxygen atoms in total. The first kappa shape index (κ1) is 19.2. The summed E-state index contributed by atoms with van der Waals surface area (Å²) in [6, 6.07) is 10.6. The molecule has 0 aromatic heterocycles. The fourth-order valence-corrected chi connectivity index (χ4v) is 2.26. The van der Waals surface area contributed by atoms with Gasteiger partial charge in [-0.25, -0.2) is 4.79 Å². The summed E-state index contributed by atoms with van der Waals surface area (Å²) in [5.74, 6) is -1.37. The number of benzene rings is 2. The summed E-state index contributed by atoms with van der Waals surface area (Å²) in [6.07, 6.45) is 0. The molecule has 2 aromatic carbocycles. The van der Waals surface area contributed by atoms with E-state index in [-0.39, 0.29) is 23.5 Å². The number of esters is 1. The van der Waals surface area contributed by atoms with Crippen molar-refractivity contribution in [3.8, 4) is 5.75 Å². The number of carbonyl (C=O) groups excluding carboxylic acids is 2. The van der Waals surface area contributed by atoms with Crippen molar-refractivity contribution in [1.82, 2.24) is 5.32 Å². The molecule has 0 spiro atoms. The Bertz CT molecular complexity index is 840. The van der Waals surface area contributed by atoms with Gasteiger partial charge in [0.2, 0.25) is 0 Å². The second-order valence-electron chi connectivity index (χ2n) is 5.09. The molecule has 0 atom stereocenters. The molecule has 9 heteroatoms. The van der Waals surface area contributed by atoms with Gasteiger partial charge in [0, 0.05) is 17.6 Å². The Hall–Kier alpha value is -3.13. The second-order valence-corrected chi connectivity index (χ2v) is 5.50. The van der Waals surface area contributed by atoms with Crippen LogP contribution < -0.4 is 10.1 Å². The fraction of sp³-hybridized carbons (Fsp3) is 0.176. The number of nitrogens with zero attached hydrogens (tertiary/aromatic N) is 1. The number of hydrogen-bond donors (Lipinski definition) is 1. The van der Waals surface area contributed by atoms with E-state index < -0.39 is 23.4 Å². The molecule has 0 radical (unpaired) electrons. The average Bonchev–Trinajstić information content (AvgIpc) is 2.64. The van der Waals surface area contributed by atoms with E-state index >= 15 is 0 Å². The zero-order chi connectivity index (χ0) is 19.1. The first-order valence-corrected chi connectivity index (χ1v) is 7.80. The van der Waals surface area contributed by atoms with Gasteiger partial charge >= 0.3 is 11.7 Å². The van der Waals surface area contributed by atoms with Crippen molar-refractivity contribution in [1.29, 1.82) is 0 Å². The molecule has 1 amide bonds. The molecular formula is C17H15ClN2O6. The van der Waals surface area contributed by atoms with Crippen LogP contribution in [-0.4, -0.2) is 30.5 Å². The summed E-state index contributed by atoms with van der Waals surface area (Å²) in [5, 5.41) is 14.0. The third-order valence-corrected chi connectivity index (χ3v) is 3.75. The van der Waals surface area contributed by atoms with Gasteiger partial charge in [-0.1, -0.05) is 29.8 Å². The average molecular weight is 379 g/mol. The monoisotopic (exact) mass is 378 g/mol. The highest BCUT2D eigenvalue weighted by atomic mass is 35.5. The Labute approximate surface area is 153 Å². The van der Waals surface area contributed by atoms with Crippen molar-refractivity contribution in [2.75, 3.05) is 13.7 Å². The Kier molecular flexibility index (Phi) is 6.51. The summed E-state index contributed by atoms with van der Waals surface area (Å²) in [6.45, 7) is -0.340. The van der Waals surface area contributed by atoms with Gasteiger partial charge in [-0.3, -0.25) is 14.9 Å². The van der Waals surface area contributed by atoms with Crippen LogP contribution in [0.2, 0.25) is 5.02 Å². The van der Waals surface area contributed by atoms with E-state index in [1.807, 2.05) is 0 Å². The van der Waals surface area contributed by atoms with Crippen molar-refractivity contribution < 1.29 is 24.0 Å². The molecule has 0 aliphatic carbocycles. The molecule has 0 aliphatic heterocycles. The molecule has 0 aliphatic rings. The van der Waals surface area contributed by atoms with E-state index in [0.29, 0.717) is 5.02 Å². The smallest absolute Gasteiger partial charge is 0.338 e. The molecule has 0 fully saturated rings. The number of hydrogen-bond acceptors (Lipinski definition) is 6. The van der Waals surface area contributed by atoms with Crippen LogP contribution in [0.25, 0.3) is 0 Å². The van der Waals surface area contributed by atoms with Gasteiger partial charge < -0.3 is 14.8 Å². The van der Waals surface area contributed by atoms with Crippen LogP contribution in [0.3, 0.4) is 0 Å². The third-order valence-electron chi connectivity index (χ3n) is 3.38. The highest BCUT2D eigenvalue weighted by Crippen LogP contribution is 2.27. The number of nitrogens with one attached hydrogen (secondary N) is 1. The number of ether oxygens (including phenoxy) is 2. The van der Waals surface area contributed by atoms with Crippen LogP contribution in [0, 0.1) is 10.1 Å². The predicted octanol–water partition coefficient (Wildman–Crippen LogP) is 2.73. The van der Waals surface area contributed by atoms with E-state index in [4.69, 9.17) is 21.1 Å². The molecule has 0 saturated heterocycles. The van der Waals surface area contributed by atoms with Gasteiger partial charge in [0.1, 0.15) is 0 Å². The van der Waals surface area contributed by atoms with Crippen LogP contribution in [0.5, 0.6) is 5.75 Å². The number of nitro benzene ring substituents is 1. The maximum Gasteiger partial charge on any atom is 0.338 e. The first-order chi connectivity index (χ1) is 12.4. The quantitative estimate of drug-likeness (QED) is 0.451. The zero-order valence-corrected chi connectivity index (χ0v) is 14.5. The van der Waals surface area contributed by atoms with E-state index in [0.717, 1.165) is 11.6 Å². The van der Waals surface area contributed by atoms with Crippen LogP contribution >= 0.6 is 11.6 Å². The van der Waals surface area contributed by atoms with Crippen molar-refractivity contribution in [3.63, 3.8) is 0 Å². The lowest BCUT2D eigenvalue weighted by molar-refractivity contribution is -0.385. The fourth-order valence-electron chi connectivity index (χ4n) is 2.06. The lowest BCUT2D eigenvalue weighted by Gasteiger charge is -2.08. The van der Waals surface area contributed by atoms with Crippen molar-refractivity contribution in [2.24, 2.45) is 0 Å². The molecular weight excluding hydrogens is 364 g/mol. The molecule has 0 saturated carbocycles. The summed E-state index contributed by atoms with van der Waals surface area (Å²) in [5.41, 5.74) is 0.293. The van der Waals surface area contributed by atoms with E-state index in [1.54, 1.807) is 24.3 Å². The van der Waals surface area contributed by atoms with Gasteiger partial charge in [-0.05, 0) is 23.8 Å². The number of amides is 1. The minimum absolute atomic E-state index is 0.0176. The number of carbonyl (C=O) groups is 2. The minimum atomic E-state index is -0.858. The number of rotatable bonds is 7. The molecule has 2 aromatic rings. The SMILES string of the molecule is COc1ccc(C(=O)OCC(=O)NCc2ccccc2Cl)cc1[N+](=O)[O-]. The van der Waals surface area contributed by atoms with Crippen LogP contribution in [0.1, 0.15) is 15.9 Å². The first-order valence-electron chi connectivity index (χ1n) is 7.42. The maximum absolute atomic E-state index is 12.0. The minimum Gasteiger partial charge on any atom is -0.490 e. The summed E-state index contributed by atoms with van der Waals surface area (Å²) in [4.78, 5) is 34.0. The highest BCUT2D eigenvalue weighted by molar-refractivity contribution is 6.31. The predicted molar refractivity (Wildman–Crippen MR) is 93.2 cm³/mol. The molecule has 0 heterocycles. The van der Waals surface area contributed by atoms with E-state index in [2.05, 4.69) is 5.32 Å². The Morgan fingerprint density at radius 1 is 1.23 bits per heavy atom. The van der Waals surface area contributed by atoms with Crippen LogP contribution in [0.4, 0.5) is 5.69 Å². The van der Waals surface area contributed by atoms with Crippen molar-refractivity contribution in [3.05, 3.63) is 68.7 Å².